The lowest BCUT2D eigenvalue weighted by Crippen LogP contribution is -2.27. The van der Waals surface area contributed by atoms with Gasteiger partial charge in [-0.15, -0.1) is 0 Å². The average Bonchev–Trinajstić information content (AvgIpc) is 2.67. The summed E-state index contributed by atoms with van der Waals surface area (Å²) in [7, 11) is 0. The number of amides is 1. The van der Waals surface area contributed by atoms with Crippen LogP contribution in [0.15, 0.2) is 0 Å². The van der Waals surface area contributed by atoms with Gasteiger partial charge in [-0.05, 0) is 18.8 Å². The van der Waals surface area contributed by atoms with Gasteiger partial charge >= 0.3 is 0 Å². The van der Waals surface area contributed by atoms with Gasteiger partial charge in [-0.25, -0.2) is 0 Å². The first kappa shape index (κ1) is 7.54. The van der Waals surface area contributed by atoms with Gasteiger partial charge < -0.3 is 11.1 Å². The van der Waals surface area contributed by atoms with Gasteiger partial charge in [0.1, 0.15) is 0 Å². The van der Waals surface area contributed by atoms with Crippen molar-refractivity contribution in [3.63, 3.8) is 0 Å². The highest BCUT2D eigenvalue weighted by atomic mass is 16.1. The van der Waals surface area contributed by atoms with Crippen LogP contribution >= 0.6 is 0 Å². The molecule has 0 saturated heterocycles. The Kier molecular flexibility index (Phi) is 2.68. The summed E-state index contributed by atoms with van der Waals surface area (Å²) >= 11 is 0. The Labute approximate surface area is 61.0 Å². The van der Waals surface area contributed by atoms with E-state index in [9.17, 15) is 4.79 Å². The van der Waals surface area contributed by atoms with Crippen molar-refractivity contribution in [1.29, 1.82) is 0 Å². The van der Waals surface area contributed by atoms with Crippen LogP contribution < -0.4 is 11.1 Å². The van der Waals surface area contributed by atoms with Crippen molar-refractivity contribution >= 4 is 5.91 Å². The molecule has 0 spiro atoms. The molecule has 3 nitrogen and oxygen atoms in total. The number of nitrogens with two attached hydrogens (primary N) is 1. The Morgan fingerprint density at radius 2 is 2.30 bits per heavy atom. The molecule has 0 radical (unpaired) electrons. The van der Waals surface area contributed by atoms with Crippen LogP contribution in [0.5, 0.6) is 0 Å². The van der Waals surface area contributed by atoms with Gasteiger partial charge in [-0.2, -0.15) is 0 Å². The maximum Gasteiger partial charge on any atom is 0.221 e. The Morgan fingerprint density at radius 1 is 1.60 bits per heavy atom. The van der Waals surface area contributed by atoms with Crippen molar-refractivity contribution in [2.45, 2.75) is 19.3 Å². The fraction of sp³-hybridized carbons (Fsp3) is 0.857. The first-order valence-corrected chi connectivity index (χ1v) is 3.79. The molecule has 0 aromatic heterocycles. The SMILES string of the molecule is NCCC(=O)NCC1CC1. The van der Waals surface area contributed by atoms with E-state index in [1.165, 1.54) is 12.8 Å². The second-order valence-corrected chi connectivity index (χ2v) is 2.79. The molecule has 58 valence electrons. The Morgan fingerprint density at radius 3 is 2.80 bits per heavy atom. The molecule has 0 aliphatic heterocycles. The summed E-state index contributed by atoms with van der Waals surface area (Å²) in [6, 6.07) is 0. The maximum atomic E-state index is 10.8. The average molecular weight is 142 g/mol. The molecule has 0 atom stereocenters. The van der Waals surface area contributed by atoms with Crippen molar-refractivity contribution in [3.8, 4) is 0 Å². The lowest BCUT2D eigenvalue weighted by molar-refractivity contribution is -0.120. The van der Waals surface area contributed by atoms with Crippen molar-refractivity contribution in [2.75, 3.05) is 13.1 Å². The van der Waals surface area contributed by atoms with Crippen molar-refractivity contribution in [1.82, 2.24) is 5.32 Å². The van der Waals surface area contributed by atoms with E-state index < -0.39 is 0 Å². The maximum absolute atomic E-state index is 10.8. The monoisotopic (exact) mass is 142 g/mol. The van der Waals surface area contributed by atoms with Crippen LogP contribution in [0.25, 0.3) is 0 Å². The topological polar surface area (TPSA) is 55.1 Å². The molecule has 1 aliphatic carbocycles. The summed E-state index contributed by atoms with van der Waals surface area (Å²) in [4.78, 5) is 10.8. The molecule has 1 aliphatic rings. The highest BCUT2D eigenvalue weighted by Crippen LogP contribution is 2.27. The van der Waals surface area contributed by atoms with Crippen molar-refractivity contribution in [3.05, 3.63) is 0 Å². The van der Waals surface area contributed by atoms with Crippen LogP contribution in [0, 0.1) is 5.92 Å². The van der Waals surface area contributed by atoms with Gasteiger partial charge in [0.2, 0.25) is 5.91 Å². The van der Waals surface area contributed by atoms with Crippen LogP contribution in [0.4, 0.5) is 0 Å². The third kappa shape index (κ3) is 2.82. The largest absolute Gasteiger partial charge is 0.356 e. The first-order chi connectivity index (χ1) is 4.83. The number of carbonyl (C=O) groups excluding carboxylic acids is 1. The molecule has 0 heterocycles. The van der Waals surface area contributed by atoms with Crippen LogP contribution in [-0.2, 0) is 4.79 Å². The Balaban J connectivity index is 1.94. The van der Waals surface area contributed by atoms with E-state index in [-0.39, 0.29) is 5.91 Å². The second-order valence-electron chi connectivity index (χ2n) is 2.79. The van der Waals surface area contributed by atoms with E-state index in [2.05, 4.69) is 5.32 Å². The summed E-state index contributed by atoms with van der Waals surface area (Å²) in [6.07, 6.45) is 3.03. The van der Waals surface area contributed by atoms with Crippen LogP contribution in [0.3, 0.4) is 0 Å². The zero-order valence-corrected chi connectivity index (χ0v) is 6.10. The minimum atomic E-state index is 0.0920. The molecule has 1 fully saturated rings. The molecule has 1 saturated carbocycles. The van der Waals surface area contributed by atoms with Gasteiger partial charge in [-0.1, -0.05) is 0 Å². The molecule has 3 heteroatoms. The summed E-state index contributed by atoms with van der Waals surface area (Å²) in [6.45, 7) is 1.31. The van der Waals surface area contributed by atoms with E-state index in [0.717, 1.165) is 12.5 Å². The van der Waals surface area contributed by atoms with E-state index >= 15 is 0 Å². The van der Waals surface area contributed by atoms with E-state index in [4.69, 9.17) is 5.73 Å². The molecule has 0 bridgehead atoms. The van der Waals surface area contributed by atoms with E-state index in [0.29, 0.717) is 13.0 Å². The normalized spacial score (nSPS) is 16.9. The smallest absolute Gasteiger partial charge is 0.221 e. The molecule has 3 N–H and O–H groups in total. The Hall–Kier alpha value is -0.570. The zero-order valence-electron chi connectivity index (χ0n) is 6.10. The predicted octanol–water partition coefficient (Wildman–Crippen LogP) is -0.139. The van der Waals surface area contributed by atoms with E-state index in [1.54, 1.807) is 0 Å². The molecule has 1 rings (SSSR count). The summed E-state index contributed by atoms with van der Waals surface area (Å²) in [5, 5.41) is 2.83. The number of carbonyl (C=O) groups is 1. The predicted molar refractivity (Wildman–Crippen MR) is 39.4 cm³/mol. The minimum absolute atomic E-state index is 0.0920. The van der Waals surface area contributed by atoms with Crippen molar-refractivity contribution < 1.29 is 4.79 Å². The van der Waals surface area contributed by atoms with Crippen molar-refractivity contribution in [2.24, 2.45) is 11.7 Å². The molecule has 0 aromatic carbocycles. The third-order valence-corrected chi connectivity index (χ3v) is 1.66. The van der Waals surface area contributed by atoms with Gasteiger partial charge in [0, 0.05) is 19.5 Å². The molecule has 0 aromatic rings. The fourth-order valence-electron chi connectivity index (χ4n) is 0.800. The highest BCUT2D eigenvalue weighted by molar-refractivity contribution is 5.76. The highest BCUT2D eigenvalue weighted by Gasteiger charge is 2.21. The third-order valence-electron chi connectivity index (χ3n) is 1.66. The van der Waals surface area contributed by atoms with Crippen LogP contribution in [0.1, 0.15) is 19.3 Å². The number of hydrogen-bond acceptors (Lipinski definition) is 2. The molecule has 0 unspecified atom stereocenters. The number of nitrogens with one attached hydrogen (secondary N) is 1. The summed E-state index contributed by atoms with van der Waals surface area (Å²) < 4.78 is 0. The zero-order chi connectivity index (χ0) is 7.40. The minimum Gasteiger partial charge on any atom is -0.356 e. The second kappa shape index (κ2) is 3.56. The lowest BCUT2D eigenvalue weighted by Gasteiger charge is -2.00. The van der Waals surface area contributed by atoms with Gasteiger partial charge in [-0.3, -0.25) is 4.79 Å². The number of hydrogen-bond donors (Lipinski definition) is 2. The first-order valence-electron chi connectivity index (χ1n) is 3.79. The molecule has 1 amide bonds. The van der Waals surface area contributed by atoms with Gasteiger partial charge in [0.05, 0.1) is 0 Å². The van der Waals surface area contributed by atoms with E-state index in [1.807, 2.05) is 0 Å². The van der Waals surface area contributed by atoms with Crippen LogP contribution in [0.2, 0.25) is 0 Å². The van der Waals surface area contributed by atoms with Gasteiger partial charge in [0.15, 0.2) is 0 Å². The summed E-state index contributed by atoms with van der Waals surface area (Å²) in [5.41, 5.74) is 5.19. The van der Waals surface area contributed by atoms with Crippen LogP contribution in [-0.4, -0.2) is 19.0 Å². The fourth-order valence-corrected chi connectivity index (χ4v) is 0.800. The number of rotatable bonds is 4. The lowest BCUT2D eigenvalue weighted by atomic mass is 10.3. The van der Waals surface area contributed by atoms with Gasteiger partial charge in [0.25, 0.3) is 0 Å². The quantitative estimate of drug-likeness (QED) is 0.574. The molecule has 10 heavy (non-hydrogen) atoms. The standard InChI is InChI=1S/C7H14N2O/c8-4-3-7(10)9-5-6-1-2-6/h6H,1-5,8H2,(H,9,10). The summed E-state index contributed by atoms with van der Waals surface area (Å²) in [5.74, 6) is 0.858. The molecular weight excluding hydrogens is 128 g/mol. The molecular formula is C7H14N2O. The Bertz CT molecular complexity index is 121.